The van der Waals surface area contributed by atoms with Crippen molar-refractivity contribution in [2.24, 2.45) is 5.73 Å². The van der Waals surface area contributed by atoms with Gasteiger partial charge >= 0.3 is 0 Å². The van der Waals surface area contributed by atoms with Crippen molar-refractivity contribution in [1.29, 1.82) is 0 Å². The number of hydrogen-bond donors (Lipinski definition) is 3. The number of benzene rings is 1. The van der Waals surface area contributed by atoms with Gasteiger partial charge in [0.25, 0.3) is 5.91 Å². The van der Waals surface area contributed by atoms with Crippen LogP contribution in [-0.2, 0) is 0 Å². The lowest BCUT2D eigenvalue weighted by molar-refractivity contribution is 0.1000. The Morgan fingerprint density at radius 1 is 1.11 bits per heavy atom. The summed E-state index contributed by atoms with van der Waals surface area (Å²) >= 11 is 0. The highest BCUT2D eigenvalue weighted by atomic mass is 16.2. The number of nitrogens with two attached hydrogens (primary N) is 2. The molecule has 1 aromatic heterocycles. The third-order valence-corrected chi connectivity index (χ3v) is 2.45. The molecule has 1 aromatic carbocycles. The van der Waals surface area contributed by atoms with Crippen LogP contribution < -0.4 is 16.8 Å². The molecule has 0 atom stereocenters. The Bertz CT molecular complexity index is 623. The van der Waals surface area contributed by atoms with Gasteiger partial charge in [0.05, 0.1) is 11.9 Å². The summed E-state index contributed by atoms with van der Waals surface area (Å²) in [5.41, 5.74) is 11.7. The van der Waals surface area contributed by atoms with Crippen LogP contribution in [-0.4, -0.2) is 16.8 Å². The van der Waals surface area contributed by atoms with Gasteiger partial charge in [0, 0.05) is 11.1 Å². The van der Waals surface area contributed by atoms with E-state index in [1.165, 1.54) is 12.3 Å². The highest BCUT2D eigenvalue weighted by molar-refractivity contribution is 6.05. The molecule has 0 bridgehead atoms. The van der Waals surface area contributed by atoms with Crippen LogP contribution in [0.15, 0.2) is 42.6 Å². The van der Waals surface area contributed by atoms with Gasteiger partial charge in [-0.2, -0.15) is 0 Å². The Morgan fingerprint density at radius 3 is 2.47 bits per heavy atom. The van der Waals surface area contributed by atoms with E-state index in [1.807, 2.05) is 0 Å². The molecule has 6 nitrogen and oxygen atoms in total. The molecule has 19 heavy (non-hydrogen) atoms. The third-order valence-electron chi connectivity index (χ3n) is 2.45. The fourth-order valence-electron chi connectivity index (χ4n) is 1.50. The van der Waals surface area contributed by atoms with Crippen LogP contribution in [0.4, 0.5) is 11.5 Å². The summed E-state index contributed by atoms with van der Waals surface area (Å²) in [4.78, 5) is 26.9. The first-order chi connectivity index (χ1) is 9.06. The number of hydrogen-bond acceptors (Lipinski definition) is 4. The molecule has 0 radical (unpaired) electrons. The summed E-state index contributed by atoms with van der Waals surface area (Å²) in [5, 5.41) is 2.64. The second kappa shape index (κ2) is 5.18. The smallest absolute Gasteiger partial charge is 0.255 e. The quantitative estimate of drug-likeness (QED) is 0.761. The lowest BCUT2D eigenvalue weighted by Crippen LogP contribution is -2.15. The molecule has 0 aliphatic rings. The lowest BCUT2D eigenvalue weighted by atomic mass is 10.1. The first-order valence-electron chi connectivity index (χ1n) is 5.49. The second-order valence-electron chi connectivity index (χ2n) is 3.87. The van der Waals surface area contributed by atoms with Crippen molar-refractivity contribution in [2.45, 2.75) is 0 Å². The zero-order valence-electron chi connectivity index (χ0n) is 9.96. The van der Waals surface area contributed by atoms with Crippen LogP contribution in [0.5, 0.6) is 0 Å². The van der Waals surface area contributed by atoms with Crippen molar-refractivity contribution in [3.8, 4) is 0 Å². The number of nitrogen functional groups attached to an aromatic ring is 1. The standard InChI is InChI=1S/C13H12N4O2/c14-11-5-4-10(7-16-11)17-13(19)9-3-1-2-8(6-9)12(15)18/h1-7H,(H2,14,16)(H2,15,18)(H,17,19). The zero-order chi connectivity index (χ0) is 13.8. The van der Waals surface area contributed by atoms with E-state index in [4.69, 9.17) is 11.5 Å². The molecular weight excluding hydrogens is 244 g/mol. The fraction of sp³-hybridized carbons (Fsp3) is 0. The van der Waals surface area contributed by atoms with Crippen LogP contribution in [0.3, 0.4) is 0 Å². The number of amides is 2. The molecule has 6 heteroatoms. The molecule has 2 aromatic rings. The highest BCUT2D eigenvalue weighted by Crippen LogP contribution is 2.11. The van der Waals surface area contributed by atoms with E-state index in [1.54, 1.807) is 30.3 Å². The number of nitrogens with zero attached hydrogens (tertiary/aromatic N) is 1. The van der Waals surface area contributed by atoms with Gasteiger partial charge in [-0.3, -0.25) is 9.59 Å². The van der Waals surface area contributed by atoms with Crippen molar-refractivity contribution in [2.75, 3.05) is 11.1 Å². The van der Waals surface area contributed by atoms with Gasteiger partial charge in [-0.15, -0.1) is 0 Å². The molecule has 1 heterocycles. The van der Waals surface area contributed by atoms with Crippen LogP contribution in [0.2, 0.25) is 0 Å². The van der Waals surface area contributed by atoms with Gasteiger partial charge in [-0.25, -0.2) is 4.98 Å². The van der Waals surface area contributed by atoms with E-state index in [9.17, 15) is 9.59 Å². The molecule has 0 saturated heterocycles. The number of carbonyl (C=O) groups excluding carboxylic acids is 2. The number of pyridine rings is 1. The monoisotopic (exact) mass is 256 g/mol. The normalized spacial score (nSPS) is 9.89. The Kier molecular flexibility index (Phi) is 3.42. The Labute approximate surface area is 109 Å². The fourth-order valence-corrected chi connectivity index (χ4v) is 1.50. The van der Waals surface area contributed by atoms with Crippen LogP contribution in [0.25, 0.3) is 0 Å². The maximum Gasteiger partial charge on any atom is 0.255 e. The summed E-state index contributed by atoms with van der Waals surface area (Å²) in [6.07, 6.45) is 1.45. The van der Waals surface area contributed by atoms with Gasteiger partial charge < -0.3 is 16.8 Å². The molecule has 0 saturated carbocycles. The van der Waals surface area contributed by atoms with Crippen molar-refractivity contribution in [3.63, 3.8) is 0 Å². The molecule has 0 aliphatic heterocycles. The van der Waals surface area contributed by atoms with Gasteiger partial charge in [-0.1, -0.05) is 6.07 Å². The summed E-state index contributed by atoms with van der Waals surface area (Å²) in [6, 6.07) is 9.38. The minimum atomic E-state index is -0.580. The first kappa shape index (κ1) is 12.6. The predicted octanol–water partition coefficient (Wildman–Crippen LogP) is 1.01. The van der Waals surface area contributed by atoms with E-state index < -0.39 is 5.91 Å². The van der Waals surface area contributed by atoms with Gasteiger partial charge in [0.2, 0.25) is 5.91 Å². The molecule has 96 valence electrons. The van der Waals surface area contributed by atoms with Gasteiger partial charge in [0.15, 0.2) is 0 Å². The molecule has 0 unspecified atom stereocenters. The van der Waals surface area contributed by atoms with Crippen molar-refractivity contribution in [3.05, 3.63) is 53.7 Å². The zero-order valence-corrected chi connectivity index (χ0v) is 9.96. The highest BCUT2D eigenvalue weighted by Gasteiger charge is 2.08. The molecule has 0 spiro atoms. The molecule has 2 amide bonds. The minimum Gasteiger partial charge on any atom is -0.384 e. The predicted molar refractivity (Wildman–Crippen MR) is 71.6 cm³/mol. The Balaban J connectivity index is 2.18. The maximum atomic E-state index is 12.0. The van der Waals surface area contributed by atoms with Gasteiger partial charge in [-0.05, 0) is 30.3 Å². The second-order valence-corrected chi connectivity index (χ2v) is 3.87. The van der Waals surface area contributed by atoms with E-state index in [0.29, 0.717) is 17.1 Å². The van der Waals surface area contributed by atoms with Crippen LogP contribution in [0, 0.1) is 0 Å². The van der Waals surface area contributed by atoms with Crippen molar-refractivity contribution < 1.29 is 9.59 Å². The van der Waals surface area contributed by atoms with Crippen molar-refractivity contribution >= 4 is 23.3 Å². The van der Waals surface area contributed by atoms with E-state index >= 15 is 0 Å². The first-order valence-corrected chi connectivity index (χ1v) is 5.49. The topological polar surface area (TPSA) is 111 Å². The molecular formula is C13H12N4O2. The average molecular weight is 256 g/mol. The number of nitrogens with one attached hydrogen (secondary N) is 1. The molecule has 0 aliphatic carbocycles. The van der Waals surface area contributed by atoms with E-state index in [0.717, 1.165) is 0 Å². The van der Waals surface area contributed by atoms with Gasteiger partial charge in [0.1, 0.15) is 5.82 Å². The van der Waals surface area contributed by atoms with E-state index in [2.05, 4.69) is 10.3 Å². The average Bonchev–Trinajstić information content (AvgIpc) is 2.41. The van der Waals surface area contributed by atoms with E-state index in [-0.39, 0.29) is 11.5 Å². The Hall–Kier alpha value is -2.89. The Morgan fingerprint density at radius 2 is 1.84 bits per heavy atom. The van der Waals surface area contributed by atoms with Crippen LogP contribution in [0.1, 0.15) is 20.7 Å². The number of primary amides is 1. The molecule has 2 rings (SSSR count). The molecule has 5 N–H and O–H groups in total. The summed E-state index contributed by atoms with van der Waals surface area (Å²) in [6.45, 7) is 0. The summed E-state index contributed by atoms with van der Waals surface area (Å²) in [7, 11) is 0. The lowest BCUT2D eigenvalue weighted by Gasteiger charge is -2.05. The minimum absolute atomic E-state index is 0.281. The third kappa shape index (κ3) is 3.06. The SMILES string of the molecule is NC(=O)c1cccc(C(=O)Nc2ccc(N)nc2)c1. The number of aromatic nitrogens is 1. The number of anilines is 2. The molecule has 0 fully saturated rings. The summed E-state index contributed by atoms with van der Waals surface area (Å²) < 4.78 is 0. The summed E-state index contributed by atoms with van der Waals surface area (Å²) in [5.74, 6) is -0.563. The van der Waals surface area contributed by atoms with Crippen molar-refractivity contribution in [1.82, 2.24) is 4.98 Å². The van der Waals surface area contributed by atoms with Crippen LogP contribution >= 0.6 is 0 Å². The number of carbonyl (C=O) groups is 2. The number of rotatable bonds is 3. The largest absolute Gasteiger partial charge is 0.384 e. The maximum absolute atomic E-state index is 12.0.